The van der Waals surface area contributed by atoms with Crippen molar-refractivity contribution in [2.75, 3.05) is 0 Å². The SMILES string of the molecule is Cc1ccc(O)c(O)c1-c1ccc(O)cc1. The predicted molar refractivity (Wildman–Crippen MR) is 61.6 cm³/mol. The number of hydrogen-bond donors (Lipinski definition) is 3. The molecule has 0 aliphatic heterocycles. The van der Waals surface area contributed by atoms with Gasteiger partial charge < -0.3 is 15.3 Å². The molecule has 3 heteroatoms. The molecule has 0 aliphatic carbocycles. The van der Waals surface area contributed by atoms with Gasteiger partial charge >= 0.3 is 0 Å². The Morgan fingerprint density at radius 3 is 2.06 bits per heavy atom. The fourth-order valence-corrected chi connectivity index (χ4v) is 1.67. The van der Waals surface area contributed by atoms with E-state index in [2.05, 4.69) is 0 Å². The zero-order valence-corrected chi connectivity index (χ0v) is 8.81. The molecule has 0 aliphatic rings. The van der Waals surface area contributed by atoms with Gasteiger partial charge in [-0.2, -0.15) is 0 Å². The second-order valence-corrected chi connectivity index (χ2v) is 3.67. The molecule has 0 aromatic heterocycles. The molecular weight excluding hydrogens is 204 g/mol. The minimum Gasteiger partial charge on any atom is -0.508 e. The first-order valence-corrected chi connectivity index (χ1v) is 4.90. The zero-order chi connectivity index (χ0) is 11.7. The fraction of sp³-hybridized carbons (Fsp3) is 0.0769. The molecule has 2 aromatic carbocycles. The van der Waals surface area contributed by atoms with Crippen molar-refractivity contribution < 1.29 is 15.3 Å². The normalized spacial score (nSPS) is 10.3. The summed E-state index contributed by atoms with van der Waals surface area (Å²) in [6.45, 7) is 1.85. The van der Waals surface area contributed by atoms with Crippen molar-refractivity contribution in [2.24, 2.45) is 0 Å². The average molecular weight is 216 g/mol. The third-order valence-corrected chi connectivity index (χ3v) is 2.52. The Balaban J connectivity index is 2.63. The Kier molecular flexibility index (Phi) is 2.44. The second kappa shape index (κ2) is 3.77. The number of hydrogen-bond acceptors (Lipinski definition) is 3. The minimum absolute atomic E-state index is 0.134. The summed E-state index contributed by atoms with van der Waals surface area (Å²) in [5.74, 6) is -0.111. The molecule has 82 valence electrons. The molecule has 0 saturated heterocycles. The Morgan fingerprint density at radius 1 is 0.812 bits per heavy atom. The van der Waals surface area contributed by atoms with E-state index in [1.165, 1.54) is 18.2 Å². The van der Waals surface area contributed by atoms with Crippen LogP contribution >= 0.6 is 0 Å². The quantitative estimate of drug-likeness (QED) is 0.642. The second-order valence-electron chi connectivity index (χ2n) is 3.67. The monoisotopic (exact) mass is 216 g/mol. The van der Waals surface area contributed by atoms with E-state index in [1.54, 1.807) is 18.2 Å². The maximum atomic E-state index is 9.79. The van der Waals surface area contributed by atoms with E-state index in [0.717, 1.165) is 11.1 Å². The number of phenols is 3. The van der Waals surface area contributed by atoms with Crippen LogP contribution in [0.5, 0.6) is 17.2 Å². The van der Waals surface area contributed by atoms with Gasteiger partial charge in [-0.25, -0.2) is 0 Å². The minimum atomic E-state index is -0.145. The van der Waals surface area contributed by atoms with Gasteiger partial charge in [0.2, 0.25) is 0 Å². The van der Waals surface area contributed by atoms with Gasteiger partial charge in [-0.1, -0.05) is 18.2 Å². The molecule has 3 nitrogen and oxygen atoms in total. The predicted octanol–water partition coefficient (Wildman–Crippen LogP) is 2.78. The summed E-state index contributed by atoms with van der Waals surface area (Å²) in [4.78, 5) is 0. The fourth-order valence-electron chi connectivity index (χ4n) is 1.67. The van der Waals surface area contributed by atoms with Gasteiger partial charge in [0.15, 0.2) is 11.5 Å². The van der Waals surface area contributed by atoms with Crippen molar-refractivity contribution in [1.29, 1.82) is 0 Å². The molecule has 0 heterocycles. The van der Waals surface area contributed by atoms with E-state index in [-0.39, 0.29) is 17.2 Å². The maximum absolute atomic E-state index is 9.79. The highest BCUT2D eigenvalue weighted by Gasteiger charge is 2.11. The first-order valence-electron chi connectivity index (χ1n) is 4.90. The van der Waals surface area contributed by atoms with E-state index in [1.807, 2.05) is 6.92 Å². The van der Waals surface area contributed by atoms with Gasteiger partial charge in [0, 0.05) is 5.56 Å². The van der Waals surface area contributed by atoms with Crippen molar-refractivity contribution in [1.82, 2.24) is 0 Å². The summed E-state index contributed by atoms with van der Waals surface area (Å²) in [7, 11) is 0. The molecule has 0 spiro atoms. The standard InChI is InChI=1S/C13H12O3/c1-8-2-7-11(15)13(16)12(8)9-3-5-10(14)6-4-9/h2-7,14-16H,1H3. The molecular formula is C13H12O3. The number of rotatable bonds is 1. The summed E-state index contributed by atoms with van der Waals surface area (Å²) < 4.78 is 0. The molecule has 16 heavy (non-hydrogen) atoms. The summed E-state index contributed by atoms with van der Waals surface area (Å²) in [5, 5.41) is 28.4. The lowest BCUT2D eigenvalue weighted by Crippen LogP contribution is -1.84. The van der Waals surface area contributed by atoms with Gasteiger partial charge in [-0.3, -0.25) is 0 Å². The summed E-state index contributed by atoms with van der Waals surface area (Å²) in [6, 6.07) is 9.65. The zero-order valence-electron chi connectivity index (χ0n) is 8.81. The van der Waals surface area contributed by atoms with Crippen LogP contribution in [0.15, 0.2) is 36.4 Å². The van der Waals surface area contributed by atoms with Crippen LogP contribution in [-0.4, -0.2) is 15.3 Å². The van der Waals surface area contributed by atoms with Crippen LogP contribution in [0.25, 0.3) is 11.1 Å². The van der Waals surface area contributed by atoms with Gasteiger partial charge in [0.25, 0.3) is 0 Å². The van der Waals surface area contributed by atoms with Gasteiger partial charge in [-0.15, -0.1) is 0 Å². The lowest BCUT2D eigenvalue weighted by atomic mass is 9.99. The van der Waals surface area contributed by atoms with Crippen LogP contribution in [0.4, 0.5) is 0 Å². The van der Waals surface area contributed by atoms with Crippen LogP contribution in [0.2, 0.25) is 0 Å². The molecule has 0 amide bonds. The number of aryl methyl sites for hydroxylation is 1. The molecule has 0 fully saturated rings. The topological polar surface area (TPSA) is 60.7 Å². The van der Waals surface area contributed by atoms with Crippen molar-refractivity contribution in [3.63, 3.8) is 0 Å². The highest BCUT2D eigenvalue weighted by atomic mass is 16.3. The van der Waals surface area contributed by atoms with Crippen LogP contribution in [0, 0.1) is 6.92 Å². The number of phenolic OH excluding ortho intramolecular Hbond substituents is 3. The third kappa shape index (κ3) is 1.67. The van der Waals surface area contributed by atoms with Crippen molar-refractivity contribution in [3.8, 4) is 28.4 Å². The van der Waals surface area contributed by atoms with E-state index in [4.69, 9.17) is 0 Å². The maximum Gasteiger partial charge on any atom is 0.165 e. The van der Waals surface area contributed by atoms with Crippen molar-refractivity contribution >= 4 is 0 Å². The van der Waals surface area contributed by atoms with E-state index < -0.39 is 0 Å². The third-order valence-electron chi connectivity index (χ3n) is 2.52. The highest BCUT2D eigenvalue weighted by molar-refractivity contribution is 5.76. The molecule has 0 saturated carbocycles. The Bertz CT molecular complexity index is 515. The first kappa shape index (κ1) is 10.4. The number of aromatic hydroxyl groups is 3. The number of benzene rings is 2. The molecule has 0 atom stereocenters. The molecule has 2 aromatic rings. The van der Waals surface area contributed by atoms with E-state index >= 15 is 0 Å². The Labute approximate surface area is 93.2 Å². The van der Waals surface area contributed by atoms with Crippen LogP contribution in [0.1, 0.15) is 5.56 Å². The average Bonchev–Trinajstić information content (AvgIpc) is 2.27. The van der Waals surface area contributed by atoms with Crippen molar-refractivity contribution in [2.45, 2.75) is 6.92 Å². The lowest BCUT2D eigenvalue weighted by molar-refractivity contribution is 0.405. The van der Waals surface area contributed by atoms with Gasteiger partial charge in [0.05, 0.1) is 0 Å². The molecule has 2 rings (SSSR count). The van der Waals surface area contributed by atoms with Crippen LogP contribution in [0.3, 0.4) is 0 Å². The van der Waals surface area contributed by atoms with Gasteiger partial charge in [0.1, 0.15) is 5.75 Å². The molecule has 0 radical (unpaired) electrons. The summed E-state index contributed by atoms with van der Waals surface area (Å²) in [5.41, 5.74) is 2.20. The highest BCUT2D eigenvalue weighted by Crippen LogP contribution is 2.39. The Hall–Kier alpha value is -2.16. The van der Waals surface area contributed by atoms with E-state index in [9.17, 15) is 15.3 Å². The molecule has 3 N–H and O–H groups in total. The largest absolute Gasteiger partial charge is 0.508 e. The van der Waals surface area contributed by atoms with Crippen LogP contribution < -0.4 is 0 Å². The Morgan fingerprint density at radius 2 is 1.44 bits per heavy atom. The van der Waals surface area contributed by atoms with E-state index in [0.29, 0.717) is 5.56 Å². The van der Waals surface area contributed by atoms with Crippen LogP contribution in [-0.2, 0) is 0 Å². The van der Waals surface area contributed by atoms with Crippen molar-refractivity contribution in [3.05, 3.63) is 42.0 Å². The summed E-state index contributed by atoms with van der Waals surface area (Å²) >= 11 is 0. The smallest absolute Gasteiger partial charge is 0.165 e. The molecule has 0 bridgehead atoms. The molecule has 0 unspecified atom stereocenters. The summed E-state index contributed by atoms with van der Waals surface area (Å²) in [6.07, 6.45) is 0. The van der Waals surface area contributed by atoms with Gasteiger partial charge in [-0.05, 0) is 36.2 Å². The first-order chi connectivity index (χ1) is 7.59. The lowest BCUT2D eigenvalue weighted by Gasteiger charge is -2.10.